The number of hydrogen-bond donors (Lipinski definition) is 2. The minimum Gasteiger partial charge on any atom is -0.485 e. The fourth-order valence-electron chi connectivity index (χ4n) is 3.90. The first-order valence-electron chi connectivity index (χ1n) is 13.8. The van der Waals surface area contributed by atoms with Crippen LogP contribution < -0.4 is 10.1 Å². The number of halogens is 1. The van der Waals surface area contributed by atoms with Crippen molar-refractivity contribution in [1.82, 2.24) is 33.7 Å². The summed E-state index contributed by atoms with van der Waals surface area (Å²) in [6.45, 7) is 15.0. The molecule has 1 unspecified atom stereocenters. The summed E-state index contributed by atoms with van der Waals surface area (Å²) in [5, 5.41) is 20.9. The molecule has 0 amide bonds. The monoisotopic (exact) mass is 588 g/mol. The molecule has 224 valence electrons. The Morgan fingerprint density at radius 2 is 1.98 bits per heavy atom. The van der Waals surface area contributed by atoms with Gasteiger partial charge in [-0.2, -0.15) is 14.6 Å². The summed E-state index contributed by atoms with van der Waals surface area (Å²) in [7, 11) is 1.91. The van der Waals surface area contributed by atoms with Crippen molar-refractivity contribution in [3.05, 3.63) is 42.2 Å². The zero-order valence-electron chi connectivity index (χ0n) is 25.1. The molecular weight excluding hydrogens is 547 g/mol. The lowest BCUT2D eigenvalue weighted by molar-refractivity contribution is 0.0160. The van der Waals surface area contributed by atoms with Crippen LogP contribution in [0.1, 0.15) is 59.8 Å². The van der Waals surface area contributed by atoms with Gasteiger partial charge in [0, 0.05) is 36.4 Å². The quantitative estimate of drug-likeness (QED) is 0.184. The molecule has 0 aliphatic heterocycles. The first-order chi connectivity index (χ1) is 19.7. The van der Waals surface area contributed by atoms with Gasteiger partial charge < -0.3 is 19.9 Å². The van der Waals surface area contributed by atoms with E-state index in [1.165, 1.54) is 22.5 Å². The molecule has 0 bridgehead atoms. The molecule has 11 nitrogen and oxygen atoms in total. The Hall–Kier alpha value is -3.26. The van der Waals surface area contributed by atoms with Crippen LogP contribution in [-0.4, -0.2) is 71.7 Å². The van der Waals surface area contributed by atoms with E-state index in [0.29, 0.717) is 36.7 Å². The third-order valence-electron chi connectivity index (χ3n) is 5.75. The highest BCUT2D eigenvalue weighted by Gasteiger charge is 2.21. The predicted octanol–water partition coefficient (Wildman–Crippen LogP) is 5.87. The van der Waals surface area contributed by atoms with E-state index >= 15 is 4.39 Å². The van der Waals surface area contributed by atoms with Gasteiger partial charge in [0.1, 0.15) is 24.1 Å². The fraction of sp³-hybridized carbons (Fsp3) is 0.500. The summed E-state index contributed by atoms with van der Waals surface area (Å²) in [4.78, 5) is 9.99. The van der Waals surface area contributed by atoms with Crippen LogP contribution >= 0.6 is 11.9 Å². The van der Waals surface area contributed by atoms with Crippen molar-refractivity contribution in [2.75, 3.05) is 32.1 Å². The van der Waals surface area contributed by atoms with Gasteiger partial charge in [-0.3, -0.25) is 0 Å². The summed E-state index contributed by atoms with van der Waals surface area (Å²) in [5.41, 5.74) is 2.91. The van der Waals surface area contributed by atoms with Crippen LogP contribution in [-0.2, 0) is 4.74 Å². The highest BCUT2D eigenvalue weighted by Crippen LogP contribution is 2.34. The van der Waals surface area contributed by atoms with Crippen molar-refractivity contribution in [2.45, 2.75) is 72.1 Å². The van der Waals surface area contributed by atoms with Crippen molar-refractivity contribution >= 4 is 29.2 Å². The number of rotatable bonds is 13. The lowest BCUT2D eigenvalue weighted by Gasteiger charge is -2.17. The smallest absolute Gasteiger partial charge is 0.247 e. The standard InChI is InChI=1S/C26H35FN8O3S.C2H6/c1-7-37-18(5)34-14-19(13-29-34)23-24(38-16(2)3)25-31-26(32-35(25)15-28-23)30-21-11-17(4)22(12-20(21)27)39-33(6)9-8-10-36;1-2/h11-16,18,36H,7-10H2,1-6H3,(H,30,32);1-2H3. The Morgan fingerprint density at radius 1 is 1.22 bits per heavy atom. The van der Waals surface area contributed by atoms with E-state index in [9.17, 15) is 0 Å². The summed E-state index contributed by atoms with van der Waals surface area (Å²) in [5.74, 6) is 0.235. The van der Waals surface area contributed by atoms with E-state index in [4.69, 9.17) is 14.6 Å². The minimum absolute atomic E-state index is 0.116. The third kappa shape index (κ3) is 8.15. The molecule has 0 radical (unpaired) electrons. The number of aliphatic hydroxyl groups excluding tert-OH is 1. The second kappa shape index (κ2) is 15.1. The van der Waals surface area contributed by atoms with Crippen LogP contribution in [0, 0.1) is 12.7 Å². The summed E-state index contributed by atoms with van der Waals surface area (Å²) in [6, 6.07) is 3.22. The molecule has 41 heavy (non-hydrogen) atoms. The predicted molar refractivity (Wildman–Crippen MR) is 160 cm³/mol. The molecule has 4 rings (SSSR count). The topological polar surface area (TPSA) is 115 Å². The Labute approximate surface area is 245 Å². The third-order valence-corrected chi connectivity index (χ3v) is 6.88. The molecule has 4 aromatic rings. The molecule has 0 saturated carbocycles. The van der Waals surface area contributed by atoms with Gasteiger partial charge in [0.2, 0.25) is 11.6 Å². The van der Waals surface area contributed by atoms with Crippen molar-refractivity contribution in [3.8, 4) is 17.0 Å². The molecule has 0 aliphatic rings. The Balaban J connectivity index is 0.00000226. The second-order valence-corrected chi connectivity index (χ2v) is 10.5. The summed E-state index contributed by atoms with van der Waals surface area (Å²) in [6.07, 6.45) is 5.37. The minimum atomic E-state index is -0.425. The molecule has 13 heteroatoms. The lowest BCUT2D eigenvalue weighted by Crippen LogP contribution is -2.12. The van der Waals surface area contributed by atoms with Gasteiger partial charge >= 0.3 is 0 Å². The number of nitrogens with one attached hydrogen (secondary N) is 1. The molecule has 0 saturated heterocycles. The van der Waals surface area contributed by atoms with E-state index in [2.05, 4.69) is 25.5 Å². The number of hydrogen-bond acceptors (Lipinski definition) is 10. The number of aromatic nitrogens is 6. The molecule has 3 aromatic heterocycles. The molecule has 0 fully saturated rings. The van der Waals surface area contributed by atoms with E-state index in [0.717, 1.165) is 16.0 Å². The van der Waals surface area contributed by atoms with E-state index in [-0.39, 0.29) is 30.6 Å². The summed E-state index contributed by atoms with van der Waals surface area (Å²) < 4.78 is 32.0. The van der Waals surface area contributed by atoms with Gasteiger partial charge in [0.15, 0.2) is 5.75 Å². The van der Waals surface area contributed by atoms with E-state index in [1.807, 2.05) is 66.0 Å². The van der Waals surface area contributed by atoms with Crippen LogP contribution in [0.4, 0.5) is 16.0 Å². The number of aryl methyl sites for hydroxylation is 1. The molecule has 2 N–H and O–H groups in total. The number of nitrogens with zero attached hydrogens (tertiary/aromatic N) is 7. The highest BCUT2D eigenvalue weighted by molar-refractivity contribution is 7.97. The Morgan fingerprint density at radius 3 is 2.66 bits per heavy atom. The maximum absolute atomic E-state index is 15.1. The first kappa shape index (κ1) is 32.3. The zero-order valence-corrected chi connectivity index (χ0v) is 25.9. The molecule has 0 aliphatic carbocycles. The number of benzene rings is 1. The second-order valence-electron chi connectivity index (χ2n) is 9.30. The van der Waals surface area contributed by atoms with Gasteiger partial charge in [-0.25, -0.2) is 18.4 Å². The molecular formula is C28H41FN8O3S. The molecule has 1 atom stereocenters. The lowest BCUT2D eigenvalue weighted by atomic mass is 10.2. The molecule has 1 aromatic carbocycles. The van der Waals surface area contributed by atoms with Crippen molar-refractivity contribution in [1.29, 1.82) is 0 Å². The van der Waals surface area contributed by atoms with Crippen molar-refractivity contribution in [3.63, 3.8) is 0 Å². The van der Waals surface area contributed by atoms with Crippen molar-refractivity contribution in [2.24, 2.45) is 0 Å². The number of aliphatic hydroxyl groups is 1. The van der Waals surface area contributed by atoms with Gasteiger partial charge in [-0.15, -0.1) is 5.10 Å². The summed E-state index contributed by atoms with van der Waals surface area (Å²) >= 11 is 1.44. The Bertz CT molecular complexity index is 1410. The average Bonchev–Trinajstić information content (AvgIpc) is 3.59. The Kier molecular flexibility index (Phi) is 11.9. The van der Waals surface area contributed by atoms with Gasteiger partial charge in [-0.1, -0.05) is 13.8 Å². The first-order valence-corrected chi connectivity index (χ1v) is 14.6. The highest BCUT2D eigenvalue weighted by atomic mass is 32.2. The van der Waals surface area contributed by atoms with E-state index < -0.39 is 5.82 Å². The molecule has 0 spiro atoms. The zero-order chi connectivity index (χ0) is 30.1. The maximum Gasteiger partial charge on any atom is 0.247 e. The van der Waals surface area contributed by atoms with Crippen LogP contribution in [0.5, 0.6) is 5.75 Å². The SMILES string of the molecule is CC.CCOC(C)n1cc(-c2ncn3nc(Nc4cc(C)c(SN(C)CCCO)cc4F)nc3c2OC(C)C)cn1. The van der Waals surface area contributed by atoms with Gasteiger partial charge in [0.25, 0.3) is 0 Å². The number of fused-ring (bicyclic) bond motifs is 1. The van der Waals surface area contributed by atoms with Gasteiger partial charge in [0.05, 0.1) is 18.0 Å². The largest absolute Gasteiger partial charge is 0.485 e. The average molecular weight is 589 g/mol. The van der Waals surface area contributed by atoms with Crippen LogP contribution in [0.3, 0.4) is 0 Å². The number of ether oxygens (including phenoxy) is 2. The fourth-order valence-corrected chi connectivity index (χ4v) is 4.82. The van der Waals surface area contributed by atoms with Crippen molar-refractivity contribution < 1.29 is 19.0 Å². The maximum atomic E-state index is 15.1. The van der Waals surface area contributed by atoms with E-state index in [1.54, 1.807) is 23.3 Å². The van der Waals surface area contributed by atoms with Crippen LogP contribution in [0.2, 0.25) is 0 Å². The number of anilines is 2. The van der Waals surface area contributed by atoms with Crippen LogP contribution in [0.25, 0.3) is 16.9 Å². The molecule has 3 heterocycles. The van der Waals surface area contributed by atoms with Crippen LogP contribution in [0.15, 0.2) is 35.7 Å². The van der Waals surface area contributed by atoms with Gasteiger partial charge in [-0.05, 0) is 77.7 Å². The normalized spacial score (nSPS) is 12.1.